The second kappa shape index (κ2) is 6.29. The molecule has 128 valence electrons. The molecule has 0 radical (unpaired) electrons. The first-order chi connectivity index (χ1) is 12.7. The molecule has 2 aromatic heterocycles. The summed E-state index contributed by atoms with van der Waals surface area (Å²) in [6, 6.07) is 16.2. The lowest BCUT2D eigenvalue weighted by atomic mass is 10.1. The van der Waals surface area contributed by atoms with Gasteiger partial charge in [0.25, 0.3) is 5.91 Å². The van der Waals surface area contributed by atoms with E-state index in [2.05, 4.69) is 15.6 Å². The molecule has 7 nitrogen and oxygen atoms in total. The van der Waals surface area contributed by atoms with E-state index in [1.807, 2.05) is 24.3 Å². The topological polar surface area (TPSA) is 85.6 Å². The zero-order chi connectivity index (χ0) is 18.1. The molecule has 2 aromatic carbocycles. The fraction of sp³-hybridized carbons (Fsp3) is 0.0526. The number of ether oxygens (including phenoxy) is 1. The summed E-state index contributed by atoms with van der Waals surface area (Å²) in [5.74, 6) is 0.343. The van der Waals surface area contributed by atoms with Gasteiger partial charge in [0.15, 0.2) is 12.0 Å². The molecular formula is C19H14N4O3. The fourth-order valence-corrected chi connectivity index (χ4v) is 2.87. The Morgan fingerprint density at radius 1 is 1.15 bits per heavy atom. The SMILES string of the molecule is COc1ccc(NC(=O)c2cc3ccccc3n3nnc(C=O)c23)cc1. The van der Waals surface area contributed by atoms with Crippen LogP contribution in [0.1, 0.15) is 20.8 Å². The van der Waals surface area contributed by atoms with Crippen LogP contribution in [0, 0.1) is 0 Å². The molecule has 1 amide bonds. The van der Waals surface area contributed by atoms with Crippen molar-refractivity contribution in [2.24, 2.45) is 0 Å². The summed E-state index contributed by atoms with van der Waals surface area (Å²) in [5, 5.41) is 11.6. The molecule has 0 aliphatic rings. The second-order valence-electron chi connectivity index (χ2n) is 5.65. The monoisotopic (exact) mass is 346 g/mol. The van der Waals surface area contributed by atoms with Gasteiger partial charge in [0.2, 0.25) is 0 Å². The number of para-hydroxylation sites is 1. The number of hydrogen-bond acceptors (Lipinski definition) is 5. The summed E-state index contributed by atoms with van der Waals surface area (Å²) in [7, 11) is 1.58. The van der Waals surface area contributed by atoms with Gasteiger partial charge < -0.3 is 10.1 Å². The van der Waals surface area contributed by atoms with Crippen LogP contribution >= 0.6 is 0 Å². The van der Waals surface area contributed by atoms with Crippen molar-refractivity contribution in [1.82, 2.24) is 14.8 Å². The number of aromatic nitrogens is 3. The van der Waals surface area contributed by atoms with Crippen LogP contribution in [0.25, 0.3) is 16.4 Å². The zero-order valence-corrected chi connectivity index (χ0v) is 13.8. The Morgan fingerprint density at radius 3 is 2.65 bits per heavy atom. The van der Waals surface area contributed by atoms with Gasteiger partial charge in [-0.15, -0.1) is 5.10 Å². The van der Waals surface area contributed by atoms with Crippen molar-refractivity contribution in [3.63, 3.8) is 0 Å². The van der Waals surface area contributed by atoms with Crippen LogP contribution in [-0.2, 0) is 0 Å². The van der Waals surface area contributed by atoms with Gasteiger partial charge >= 0.3 is 0 Å². The fourth-order valence-electron chi connectivity index (χ4n) is 2.87. The average Bonchev–Trinajstić information content (AvgIpc) is 3.12. The Labute approximate surface area is 148 Å². The predicted molar refractivity (Wildman–Crippen MR) is 96.8 cm³/mol. The minimum absolute atomic E-state index is 0.121. The highest BCUT2D eigenvalue weighted by Crippen LogP contribution is 2.23. The number of nitrogens with one attached hydrogen (secondary N) is 1. The molecule has 0 saturated carbocycles. The largest absolute Gasteiger partial charge is 0.497 e. The van der Waals surface area contributed by atoms with Crippen molar-refractivity contribution in [1.29, 1.82) is 0 Å². The van der Waals surface area contributed by atoms with Crippen molar-refractivity contribution in [2.75, 3.05) is 12.4 Å². The Hall–Kier alpha value is -3.74. The van der Waals surface area contributed by atoms with Crippen LogP contribution in [0.15, 0.2) is 54.6 Å². The van der Waals surface area contributed by atoms with Crippen LogP contribution in [0.3, 0.4) is 0 Å². The van der Waals surface area contributed by atoms with Crippen molar-refractivity contribution in [3.05, 3.63) is 65.9 Å². The quantitative estimate of drug-likeness (QED) is 0.574. The van der Waals surface area contributed by atoms with E-state index in [1.54, 1.807) is 37.4 Å². The Kier molecular flexibility index (Phi) is 3.81. The number of hydrogen-bond donors (Lipinski definition) is 1. The lowest BCUT2D eigenvalue weighted by Crippen LogP contribution is -2.14. The first-order valence-corrected chi connectivity index (χ1v) is 7.89. The van der Waals surface area contributed by atoms with E-state index in [9.17, 15) is 9.59 Å². The summed E-state index contributed by atoms with van der Waals surface area (Å²) in [6.45, 7) is 0. The number of benzene rings is 2. The van der Waals surface area contributed by atoms with E-state index in [4.69, 9.17) is 4.74 Å². The number of nitrogens with zero attached hydrogens (tertiary/aromatic N) is 3. The maximum Gasteiger partial charge on any atom is 0.257 e. The number of pyridine rings is 1. The third-order valence-corrected chi connectivity index (χ3v) is 4.12. The van der Waals surface area contributed by atoms with E-state index in [0.717, 1.165) is 10.9 Å². The Bertz CT molecular complexity index is 1130. The zero-order valence-electron chi connectivity index (χ0n) is 13.8. The summed E-state index contributed by atoms with van der Waals surface area (Å²) in [5.41, 5.74) is 2.21. The minimum atomic E-state index is -0.351. The molecule has 0 unspecified atom stereocenters. The van der Waals surface area contributed by atoms with Gasteiger partial charge in [0, 0.05) is 11.1 Å². The molecule has 26 heavy (non-hydrogen) atoms. The number of fused-ring (bicyclic) bond motifs is 3. The summed E-state index contributed by atoms with van der Waals surface area (Å²) in [4.78, 5) is 24.2. The highest BCUT2D eigenvalue weighted by atomic mass is 16.5. The van der Waals surface area contributed by atoms with E-state index in [1.165, 1.54) is 4.52 Å². The van der Waals surface area contributed by atoms with Crippen LogP contribution in [0.2, 0.25) is 0 Å². The molecule has 0 saturated heterocycles. The summed E-state index contributed by atoms with van der Waals surface area (Å²) >= 11 is 0. The molecule has 0 aliphatic heterocycles. The second-order valence-corrected chi connectivity index (χ2v) is 5.65. The molecule has 4 aromatic rings. The average molecular weight is 346 g/mol. The number of methoxy groups -OCH3 is 1. The number of aldehydes is 1. The molecule has 7 heteroatoms. The first kappa shape index (κ1) is 15.8. The van der Waals surface area contributed by atoms with Gasteiger partial charge in [0.05, 0.1) is 18.2 Å². The van der Waals surface area contributed by atoms with E-state index in [0.29, 0.717) is 28.8 Å². The summed E-state index contributed by atoms with van der Waals surface area (Å²) in [6.07, 6.45) is 0.598. The molecule has 0 bridgehead atoms. The number of anilines is 1. The molecule has 0 fully saturated rings. The van der Waals surface area contributed by atoms with Crippen molar-refractivity contribution in [3.8, 4) is 5.75 Å². The number of rotatable bonds is 4. The van der Waals surface area contributed by atoms with Crippen molar-refractivity contribution < 1.29 is 14.3 Å². The third kappa shape index (κ3) is 2.55. The van der Waals surface area contributed by atoms with E-state index < -0.39 is 0 Å². The normalized spacial score (nSPS) is 10.8. The van der Waals surface area contributed by atoms with Gasteiger partial charge in [-0.1, -0.05) is 23.4 Å². The summed E-state index contributed by atoms with van der Waals surface area (Å²) < 4.78 is 6.63. The third-order valence-electron chi connectivity index (χ3n) is 4.12. The lowest BCUT2D eigenvalue weighted by molar-refractivity contribution is 0.102. The van der Waals surface area contributed by atoms with Crippen LogP contribution in [0.4, 0.5) is 5.69 Å². The number of amides is 1. The molecule has 1 N–H and O–H groups in total. The van der Waals surface area contributed by atoms with Gasteiger partial charge in [-0.2, -0.15) is 0 Å². The van der Waals surface area contributed by atoms with E-state index >= 15 is 0 Å². The smallest absolute Gasteiger partial charge is 0.257 e. The standard InChI is InChI=1S/C19H14N4O3/c1-26-14-8-6-13(7-9-14)20-19(25)15-10-12-4-2-3-5-17(12)23-18(15)16(11-24)21-22-23/h2-11H,1H3,(H,20,25). The van der Waals surface area contributed by atoms with Gasteiger partial charge in [0.1, 0.15) is 11.3 Å². The lowest BCUT2D eigenvalue weighted by Gasteiger charge is -2.09. The minimum Gasteiger partial charge on any atom is -0.497 e. The first-order valence-electron chi connectivity index (χ1n) is 7.89. The Balaban J connectivity index is 1.83. The molecule has 2 heterocycles. The highest BCUT2D eigenvalue weighted by molar-refractivity contribution is 6.13. The van der Waals surface area contributed by atoms with E-state index in [-0.39, 0.29) is 11.6 Å². The van der Waals surface area contributed by atoms with Gasteiger partial charge in [-0.3, -0.25) is 9.59 Å². The predicted octanol–water partition coefficient (Wildman–Crippen LogP) is 2.96. The van der Waals surface area contributed by atoms with Crippen molar-refractivity contribution >= 4 is 34.3 Å². The highest BCUT2D eigenvalue weighted by Gasteiger charge is 2.19. The number of carbonyl (C=O) groups is 2. The number of carbonyl (C=O) groups excluding carboxylic acids is 2. The van der Waals surface area contributed by atoms with Gasteiger partial charge in [-0.05, 0) is 36.4 Å². The molecule has 0 atom stereocenters. The van der Waals surface area contributed by atoms with Crippen LogP contribution in [-0.4, -0.2) is 34.1 Å². The molecular weight excluding hydrogens is 332 g/mol. The van der Waals surface area contributed by atoms with Crippen molar-refractivity contribution in [2.45, 2.75) is 0 Å². The molecule has 0 aliphatic carbocycles. The van der Waals surface area contributed by atoms with Crippen LogP contribution in [0.5, 0.6) is 5.75 Å². The maximum atomic E-state index is 12.9. The Morgan fingerprint density at radius 2 is 1.92 bits per heavy atom. The van der Waals surface area contributed by atoms with Gasteiger partial charge in [-0.25, -0.2) is 4.52 Å². The molecule has 4 rings (SSSR count). The molecule has 0 spiro atoms. The van der Waals surface area contributed by atoms with Crippen LogP contribution < -0.4 is 10.1 Å². The maximum absolute atomic E-state index is 12.9.